The zero-order valence-electron chi connectivity index (χ0n) is 13.1. The molecular formula is C18H17N3OS. The third kappa shape index (κ3) is 4.25. The molecule has 0 fully saturated rings. The highest BCUT2D eigenvalue weighted by molar-refractivity contribution is 7.10. The molecule has 5 heteroatoms. The molecule has 1 aromatic carbocycles. The van der Waals surface area contributed by atoms with E-state index in [1.54, 1.807) is 12.1 Å². The van der Waals surface area contributed by atoms with Crippen molar-refractivity contribution in [3.63, 3.8) is 0 Å². The molecule has 4 nitrogen and oxygen atoms in total. The SMILES string of the molecule is CC(C)CCC(=O)[C@H](C#N)c1nc(-c2ccc(C#N)cc2)cs1. The van der Waals surface area contributed by atoms with E-state index in [4.69, 9.17) is 5.26 Å². The summed E-state index contributed by atoms with van der Waals surface area (Å²) in [7, 11) is 0. The number of rotatable bonds is 6. The van der Waals surface area contributed by atoms with Crippen molar-refractivity contribution in [3.8, 4) is 23.4 Å². The van der Waals surface area contributed by atoms with E-state index < -0.39 is 5.92 Å². The van der Waals surface area contributed by atoms with Crippen LogP contribution in [0.25, 0.3) is 11.3 Å². The maximum Gasteiger partial charge on any atom is 0.156 e. The number of benzene rings is 1. The van der Waals surface area contributed by atoms with Crippen molar-refractivity contribution in [2.45, 2.75) is 32.6 Å². The summed E-state index contributed by atoms with van der Waals surface area (Å²) in [5.74, 6) is -0.420. The van der Waals surface area contributed by atoms with E-state index in [0.29, 0.717) is 22.9 Å². The average Bonchev–Trinajstić information content (AvgIpc) is 3.03. The molecular weight excluding hydrogens is 306 g/mol. The Kier molecular flexibility index (Phi) is 5.62. The minimum absolute atomic E-state index is 0.0677. The monoisotopic (exact) mass is 323 g/mol. The smallest absolute Gasteiger partial charge is 0.156 e. The first-order valence-corrected chi connectivity index (χ1v) is 8.31. The lowest BCUT2D eigenvalue weighted by molar-refractivity contribution is -0.119. The summed E-state index contributed by atoms with van der Waals surface area (Å²) in [6.07, 6.45) is 1.19. The van der Waals surface area contributed by atoms with Crippen molar-refractivity contribution in [3.05, 3.63) is 40.2 Å². The van der Waals surface area contributed by atoms with Gasteiger partial charge in [0.15, 0.2) is 11.7 Å². The van der Waals surface area contributed by atoms with Crippen LogP contribution in [0.1, 0.15) is 43.2 Å². The fraction of sp³-hybridized carbons (Fsp3) is 0.333. The fourth-order valence-corrected chi connectivity index (χ4v) is 3.00. The summed E-state index contributed by atoms with van der Waals surface area (Å²) < 4.78 is 0. The number of nitriles is 2. The Labute approximate surface area is 140 Å². The maximum absolute atomic E-state index is 12.2. The zero-order chi connectivity index (χ0) is 16.8. The fourth-order valence-electron chi connectivity index (χ4n) is 2.11. The molecule has 0 N–H and O–H groups in total. The van der Waals surface area contributed by atoms with Crippen molar-refractivity contribution in [1.29, 1.82) is 10.5 Å². The summed E-state index contributed by atoms with van der Waals surface area (Å²) in [5.41, 5.74) is 2.19. The molecule has 0 aliphatic carbocycles. The average molecular weight is 323 g/mol. The molecule has 0 aliphatic heterocycles. The van der Waals surface area contributed by atoms with Gasteiger partial charge in [-0.2, -0.15) is 10.5 Å². The van der Waals surface area contributed by atoms with E-state index in [9.17, 15) is 10.1 Å². The van der Waals surface area contributed by atoms with Crippen molar-refractivity contribution in [2.24, 2.45) is 5.92 Å². The second-order valence-electron chi connectivity index (χ2n) is 5.72. The van der Waals surface area contributed by atoms with E-state index in [0.717, 1.165) is 17.7 Å². The van der Waals surface area contributed by atoms with Crippen LogP contribution in [-0.4, -0.2) is 10.8 Å². The Bertz CT molecular complexity index is 763. The van der Waals surface area contributed by atoms with Gasteiger partial charge >= 0.3 is 0 Å². The molecule has 116 valence electrons. The van der Waals surface area contributed by atoms with Crippen LogP contribution in [0.5, 0.6) is 0 Å². The number of hydrogen-bond acceptors (Lipinski definition) is 5. The first-order chi connectivity index (χ1) is 11.0. The van der Waals surface area contributed by atoms with Gasteiger partial charge in [-0.1, -0.05) is 26.0 Å². The summed E-state index contributed by atoms with van der Waals surface area (Å²) in [4.78, 5) is 16.7. The molecule has 1 atom stereocenters. The summed E-state index contributed by atoms with van der Waals surface area (Å²) in [6, 6.07) is 11.2. The molecule has 2 rings (SSSR count). The first-order valence-electron chi connectivity index (χ1n) is 7.43. The number of Topliss-reactive ketones (excluding diaryl/α,β-unsaturated/α-hetero) is 1. The standard InChI is InChI=1S/C18H17N3OS/c1-12(2)3-8-17(22)15(10-20)18-21-16(11-23-18)14-6-4-13(9-19)5-7-14/h4-7,11-12,15H,3,8H2,1-2H3/t15-/m0/s1. The molecule has 0 aliphatic rings. The maximum atomic E-state index is 12.2. The minimum Gasteiger partial charge on any atom is -0.298 e. The van der Waals surface area contributed by atoms with Crippen LogP contribution in [0.2, 0.25) is 0 Å². The Morgan fingerprint density at radius 2 is 1.96 bits per heavy atom. The second kappa shape index (κ2) is 7.67. The number of thiazole rings is 1. The first kappa shape index (κ1) is 16.9. The molecule has 0 bridgehead atoms. The van der Waals surface area contributed by atoms with Crippen molar-refractivity contribution < 1.29 is 4.79 Å². The molecule has 23 heavy (non-hydrogen) atoms. The van der Waals surface area contributed by atoms with Crippen molar-refractivity contribution in [2.75, 3.05) is 0 Å². The summed E-state index contributed by atoms with van der Waals surface area (Å²) in [6.45, 7) is 4.11. The molecule has 0 saturated heterocycles. The molecule has 1 heterocycles. The largest absolute Gasteiger partial charge is 0.298 e. The Balaban J connectivity index is 2.17. The van der Waals surface area contributed by atoms with Crippen LogP contribution < -0.4 is 0 Å². The van der Waals surface area contributed by atoms with Gasteiger partial charge in [-0.05, 0) is 24.5 Å². The Morgan fingerprint density at radius 1 is 1.26 bits per heavy atom. The normalized spacial score (nSPS) is 11.7. The number of aromatic nitrogens is 1. The highest BCUT2D eigenvalue weighted by Crippen LogP contribution is 2.28. The van der Waals surface area contributed by atoms with E-state index >= 15 is 0 Å². The van der Waals surface area contributed by atoms with E-state index in [1.807, 2.05) is 17.5 Å². The van der Waals surface area contributed by atoms with Gasteiger partial charge in [0.25, 0.3) is 0 Å². The van der Waals surface area contributed by atoms with Gasteiger partial charge < -0.3 is 0 Å². The molecule has 0 amide bonds. The lowest BCUT2D eigenvalue weighted by atomic mass is 9.98. The quantitative estimate of drug-likeness (QED) is 0.794. The summed E-state index contributed by atoms with van der Waals surface area (Å²) >= 11 is 1.33. The van der Waals surface area contributed by atoms with Crippen molar-refractivity contribution in [1.82, 2.24) is 4.98 Å². The molecule has 0 radical (unpaired) electrons. The third-order valence-electron chi connectivity index (χ3n) is 3.50. The van der Waals surface area contributed by atoms with Gasteiger partial charge in [0.1, 0.15) is 5.01 Å². The number of carbonyl (C=O) groups excluding carboxylic acids is 1. The molecule has 0 unspecified atom stereocenters. The number of hydrogen-bond donors (Lipinski definition) is 0. The Hall–Kier alpha value is -2.50. The minimum atomic E-state index is -0.786. The molecule has 2 aromatic rings. The topological polar surface area (TPSA) is 77.5 Å². The lowest BCUT2D eigenvalue weighted by Gasteiger charge is -2.06. The van der Waals surface area contributed by atoms with Gasteiger partial charge in [-0.15, -0.1) is 11.3 Å². The van der Waals surface area contributed by atoms with E-state index in [2.05, 4.69) is 31.0 Å². The molecule has 1 aromatic heterocycles. The van der Waals surface area contributed by atoms with Gasteiger partial charge in [-0.25, -0.2) is 4.98 Å². The lowest BCUT2D eigenvalue weighted by Crippen LogP contribution is -2.11. The molecule has 0 saturated carbocycles. The third-order valence-corrected chi connectivity index (χ3v) is 4.41. The highest BCUT2D eigenvalue weighted by Gasteiger charge is 2.23. The van der Waals surface area contributed by atoms with Crippen LogP contribution in [0.4, 0.5) is 0 Å². The van der Waals surface area contributed by atoms with Crippen LogP contribution in [0.3, 0.4) is 0 Å². The van der Waals surface area contributed by atoms with Gasteiger partial charge in [-0.3, -0.25) is 4.79 Å². The van der Waals surface area contributed by atoms with E-state index in [-0.39, 0.29) is 5.78 Å². The van der Waals surface area contributed by atoms with Gasteiger partial charge in [0, 0.05) is 17.4 Å². The number of nitrogens with zero attached hydrogens (tertiary/aromatic N) is 3. The van der Waals surface area contributed by atoms with Crippen LogP contribution in [0.15, 0.2) is 29.6 Å². The van der Waals surface area contributed by atoms with Crippen LogP contribution in [-0.2, 0) is 4.79 Å². The van der Waals surface area contributed by atoms with E-state index in [1.165, 1.54) is 11.3 Å². The summed E-state index contributed by atoms with van der Waals surface area (Å²) in [5, 5.41) is 20.5. The van der Waals surface area contributed by atoms with Gasteiger partial charge in [0.2, 0.25) is 0 Å². The van der Waals surface area contributed by atoms with Crippen LogP contribution >= 0.6 is 11.3 Å². The van der Waals surface area contributed by atoms with Crippen LogP contribution in [0, 0.1) is 28.6 Å². The predicted octanol–water partition coefficient (Wildman–Crippen LogP) is 4.29. The van der Waals surface area contributed by atoms with Gasteiger partial charge in [0.05, 0.1) is 23.4 Å². The number of ketones is 1. The highest BCUT2D eigenvalue weighted by atomic mass is 32.1. The zero-order valence-corrected chi connectivity index (χ0v) is 13.9. The predicted molar refractivity (Wildman–Crippen MR) is 89.7 cm³/mol. The number of carbonyl (C=O) groups is 1. The van der Waals surface area contributed by atoms with Crippen molar-refractivity contribution >= 4 is 17.1 Å². The Morgan fingerprint density at radius 3 is 2.52 bits per heavy atom. The second-order valence-corrected chi connectivity index (χ2v) is 6.61. The molecule has 0 spiro atoms.